The van der Waals surface area contributed by atoms with Gasteiger partial charge < -0.3 is 10.2 Å². The van der Waals surface area contributed by atoms with Crippen LogP contribution in [0.2, 0.25) is 0 Å². The smallest absolute Gasteiger partial charge is 0.230 e. The SMILES string of the molecule is CCCC1(C(=O)N2CC(C)N(C)C(C)C2)CCCNC1. The number of nitrogens with zero attached hydrogens (tertiary/aromatic N) is 2. The van der Waals surface area contributed by atoms with Gasteiger partial charge in [-0.05, 0) is 46.7 Å². The second kappa shape index (κ2) is 6.44. The molecule has 2 aliphatic heterocycles. The number of piperidine rings is 1. The molecule has 2 saturated heterocycles. The molecule has 2 fully saturated rings. The number of carbonyl (C=O) groups is 1. The first-order valence-electron chi connectivity index (χ1n) is 8.22. The van der Waals surface area contributed by atoms with Crippen LogP contribution in [0.4, 0.5) is 0 Å². The zero-order valence-corrected chi connectivity index (χ0v) is 13.6. The zero-order chi connectivity index (χ0) is 14.8. The number of carbonyl (C=O) groups excluding carboxylic acids is 1. The Morgan fingerprint density at radius 3 is 2.45 bits per heavy atom. The molecule has 0 aromatic heterocycles. The zero-order valence-electron chi connectivity index (χ0n) is 13.6. The summed E-state index contributed by atoms with van der Waals surface area (Å²) in [5.74, 6) is 0.401. The van der Waals surface area contributed by atoms with E-state index in [-0.39, 0.29) is 5.41 Å². The molecule has 1 amide bonds. The maximum atomic E-state index is 13.1. The molecule has 1 N–H and O–H groups in total. The van der Waals surface area contributed by atoms with E-state index in [1.165, 1.54) is 0 Å². The van der Waals surface area contributed by atoms with Crippen LogP contribution in [-0.4, -0.2) is 61.0 Å². The van der Waals surface area contributed by atoms with Crippen LogP contribution in [0.1, 0.15) is 46.5 Å². The van der Waals surface area contributed by atoms with Gasteiger partial charge in [0.1, 0.15) is 0 Å². The fourth-order valence-electron chi connectivity index (χ4n) is 3.85. The lowest BCUT2D eigenvalue weighted by atomic mass is 9.75. The lowest BCUT2D eigenvalue weighted by Gasteiger charge is -2.47. The Bertz CT molecular complexity index is 321. The van der Waals surface area contributed by atoms with E-state index in [2.05, 4.69) is 42.9 Å². The number of piperazine rings is 1. The lowest BCUT2D eigenvalue weighted by molar-refractivity contribution is -0.148. The summed E-state index contributed by atoms with van der Waals surface area (Å²) in [6, 6.07) is 0.913. The first-order chi connectivity index (χ1) is 9.50. The van der Waals surface area contributed by atoms with Crippen molar-refractivity contribution in [3.8, 4) is 0 Å². The monoisotopic (exact) mass is 281 g/mol. The Morgan fingerprint density at radius 1 is 1.30 bits per heavy atom. The van der Waals surface area contributed by atoms with Gasteiger partial charge in [0, 0.05) is 31.7 Å². The van der Waals surface area contributed by atoms with E-state index >= 15 is 0 Å². The van der Waals surface area contributed by atoms with Crippen molar-refractivity contribution in [3.63, 3.8) is 0 Å². The largest absolute Gasteiger partial charge is 0.339 e. The summed E-state index contributed by atoms with van der Waals surface area (Å²) in [5, 5.41) is 3.45. The van der Waals surface area contributed by atoms with Gasteiger partial charge in [-0.2, -0.15) is 0 Å². The second-order valence-electron chi connectivity index (χ2n) is 6.88. The molecule has 0 spiro atoms. The van der Waals surface area contributed by atoms with Crippen molar-refractivity contribution < 1.29 is 4.79 Å². The van der Waals surface area contributed by atoms with Crippen molar-refractivity contribution in [2.24, 2.45) is 5.41 Å². The van der Waals surface area contributed by atoms with Gasteiger partial charge in [-0.1, -0.05) is 13.3 Å². The maximum absolute atomic E-state index is 13.1. The number of hydrogen-bond donors (Lipinski definition) is 1. The number of rotatable bonds is 3. The van der Waals surface area contributed by atoms with Gasteiger partial charge in [0.2, 0.25) is 5.91 Å². The van der Waals surface area contributed by atoms with Gasteiger partial charge >= 0.3 is 0 Å². The summed E-state index contributed by atoms with van der Waals surface area (Å²) in [6.45, 7) is 10.3. The Labute approximate surface area is 123 Å². The second-order valence-corrected chi connectivity index (χ2v) is 6.88. The van der Waals surface area contributed by atoms with Crippen molar-refractivity contribution in [1.82, 2.24) is 15.1 Å². The minimum atomic E-state index is -0.137. The van der Waals surface area contributed by atoms with Gasteiger partial charge in [-0.3, -0.25) is 9.69 Å². The highest BCUT2D eigenvalue weighted by atomic mass is 16.2. The predicted molar refractivity (Wildman–Crippen MR) is 82.7 cm³/mol. The number of amides is 1. The van der Waals surface area contributed by atoms with E-state index < -0.39 is 0 Å². The minimum Gasteiger partial charge on any atom is -0.339 e. The van der Waals surface area contributed by atoms with Crippen molar-refractivity contribution >= 4 is 5.91 Å². The molecule has 0 radical (unpaired) electrons. The van der Waals surface area contributed by atoms with Crippen LogP contribution < -0.4 is 5.32 Å². The average molecular weight is 281 g/mol. The van der Waals surface area contributed by atoms with Crippen LogP contribution in [0.5, 0.6) is 0 Å². The molecule has 20 heavy (non-hydrogen) atoms. The highest BCUT2D eigenvalue weighted by Crippen LogP contribution is 2.34. The van der Waals surface area contributed by atoms with Crippen LogP contribution in [0.3, 0.4) is 0 Å². The highest BCUT2D eigenvalue weighted by molar-refractivity contribution is 5.83. The fraction of sp³-hybridized carbons (Fsp3) is 0.938. The molecule has 0 saturated carbocycles. The van der Waals surface area contributed by atoms with Crippen LogP contribution in [0.25, 0.3) is 0 Å². The summed E-state index contributed by atoms with van der Waals surface area (Å²) >= 11 is 0. The molecule has 3 unspecified atom stereocenters. The van der Waals surface area contributed by atoms with Crippen molar-refractivity contribution in [2.45, 2.75) is 58.5 Å². The molecule has 116 valence electrons. The summed E-state index contributed by atoms with van der Waals surface area (Å²) < 4.78 is 0. The number of nitrogens with one attached hydrogen (secondary N) is 1. The number of likely N-dealkylation sites (N-methyl/N-ethyl adjacent to an activating group) is 1. The highest BCUT2D eigenvalue weighted by Gasteiger charge is 2.43. The van der Waals surface area contributed by atoms with Gasteiger partial charge in [0.05, 0.1) is 5.41 Å². The average Bonchev–Trinajstić information content (AvgIpc) is 2.44. The summed E-state index contributed by atoms with van der Waals surface area (Å²) in [7, 11) is 2.17. The van der Waals surface area contributed by atoms with E-state index in [0.717, 1.165) is 51.9 Å². The third kappa shape index (κ3) is 3.01. The predicted octanol–water partition coefficient (Wildman–Crippen LogP) is 1.71. The fourth-order valence-corrected chi connectivity index (χ4v) is 3.85. The summed E-state index contributed by atoms with van der Waals surface area (Å²) in [4.78, 5) is 17.7. The third-order valence-corrected chi connectivity index (χ3v) is 5.30. The summed E-state index contributed by atoms with van der Waals surface area (Å²) in [5.41, 5.74) is -0.137. The van der Waals surface area contributed by atoms with E-state index in [0.29, 0.717) is 18.0 Å². The lowest BCUT2D eigenvalue weighted by Crippen LogP contribution is -2.61. The van der Waals surface area contributed by atoms with E-state index in [1.807, 2.05) is 0 Å². The van der Waals surface area contributed by atoms with Crippen molar-refractivity contribution in [3.05, 3.63) is 0 Å². The Morgan fingerprint density at radius 2 is 1.95 bits per heavy atom. The molecule has 4 nitrogen and oxygen atoms in total. The normalized spacial score (nSPS) is 36.1. The van der Waals surface area contributed by atoms with Gasteiger partial charge in [-0.25, -0.2) is 0 Å². The molecule has 0 bridgehead atoms. The Balaban J connectivity index is 2.11. The quantitative estimate of drug-likeness (QED) is 0.855. The van der Waals surface area contributed by atoms with Crippen LogP contribution in [0, 0.1) is 5.41 Å². The standard InChI is InChI=1S/C16H31N3O/c1-5-7-16(8-6-9-17-12-16)15(20)19-10-13(2)18(4)14(3)11-19/h13-14,17H,5-12H2,1-4H3. The van der Waals surface area contributed by atoms with E-state index in [1.54, 1.807) is 0 Å². The first kappa shape index (κ1) is 15.8. The maximum Gasteiger partial charge on any atom is 0.230 e. The summed E-state index contributed by atoms with van der Waals surface area (Å²) in [6.07, 6.45) is 4.30. The molecule has 0 aromatic carbocycles. The van der Waals surface area contributed by atoms with Crippen molar-refractivity contribution in [2.75, 3.05) is 33.2 Å². The minimum absolute atomic E-state index is 0.137. The van der Waals surface area contributed by atoms with E-state index in [4.69, 9.17) is 0 Å². The Hall–Kier alpha value is -0.610. The third-order valence-electron chi connectivity index (χ3n) is 5.30. The van der Waals surface area contributed by atoms with Crippen LogP contribution in [0.15, 0.2) is 0 Å². The molecule has 4 heteroatoms. The van der Waals surface area contributed by atoms with Crippen LogP contribution >= 0.6 is 0 Å². The molecule has 0 aliphatic carbocycles. The molecule has 0 aromatic rings. The van der Waals surface area contributed by atoms with Crippen molar-refractivity contribution in [1.29, 1.82) is 0 Å². The van der Waals surface area contributed by atoms with Gasteiger partial charge in [0.25, 0.3) is 0 Å². The van der Waals surface area contributed by atoms with Gasteiger partial charge in [0.15, 0.2) is 0 Å². The van der Waals surface area contributed by atoms with Crippen LogP contribution in [-0.2, 0) is 4.79 Å². The number of hydrogen-bond acceptors (Lipinski definition) is 3. The molecule has 2 rings (SSSR count). The molecular formula is C16H31N3O. The molecule has 3 atom stereocenters. The molecule has 2 heterocycles. The Kier molecular flexibility index (Phi) is 5.08. The first-order valence-corrected chi connectivity index (χ1v) is 8.22. The van der Waals surface area contributed by atoms with Gasteiger partial charge in [-0.15, -0.1) is 0 Å². The molecular weight excluding hydrogens is 250 g/mol. The topological polar surface area (TPSA) is 35.6 Å². The van der Waals surface area contributed by atoms with E-state index in [9.17, 15) is 4.79 Å². The molecule has 2 aliphatic rings.